The molecule has 192 valence electrons. The highest BCUT2D eigenvalue weighted by molar-refractivity contribution is 9.10. The lowest BCUT2D eigenvalue weighted by molar-refractivity contribution is -0.140. The van der Waals surface area contributed by atoms with Gasteiger partial charge >= 0.3 is 0 Å². The van der Waals surface area contributed by atoms with Crippen molar-refractivity contribution >= 4 is 55.1 Å². The van der Waals surface area contributed by atoms with E-state index >= 15 is 0 Å². The third-order valence-corrected chi connectivity index (χ3v) is 7.88. The minimum Gasteiger partial charge on any atom is -0.354 e. The Bertz CT molecular complexity index is 1160. The zero-order chi connectivity index (χ0) is 26.3. The highest BCUT2D eigenvalue weighted by Gasteiger charge is 2.32. The fourth-order valence-electron chi connectivity index (χ4n) is 3.55. The maximum absolute atomic E-state index is 13.7. The van der Waals surface area contributed by atoms with Crippen LogP contribution < -0.4 is 9.62 Å². The maximum Gasteiger partial charge on any atom is 0.244 e. The molecule has 0 heterocycles. The molecular formula is C25H33BrClN3O4S. The zero-order valence-electron chi connectivity index (χ0n) is 20.7. The molecule has 0 aliphatic rings. The molecule has 1 N–H and O–H groups in total. The van der Waals surface area contributed by atoms with Crippen LogP contribution in [-0.4, -0.2) is 50.5 Å². The number of hydrogen-bond donors (Lipinski definition) is 1. The first-order chi connectivity index (χ1) is 16.3. The SMILES string of the molecule is CC[C@@H](C(=O)NCC(C)C)N(Cc1ccccc1Cl)C(=O)CN(c1ccc(Br)c(C)c1)S(C)(=O)=O. The van der Waals surface area contributed by atoms with Crippen LogP contribution in [0.4, 0.5) is 5.69 Å². The Morgan fingerprint density at radius 3 is 2.34 bits per heavy atom. The third-order valence-electron chi connectivity index (χ3n) is 5.48. The molecule has 2 amide bonds. The first-order valence-electron chi connectivity index (χ1n) is 11.4. The summed E-state index contributed by atoms with van der Waals surface area (Å²) in [6, 6.07) is 11.4. The van der Waals surface area contributed by atoms with Gasteiger partial charge in [-0.3, -0.25) is 13.9 Å². The monoisotopic (exact) mass is 585 g/mol. The summed E-state index contributed by atoms with van der Waals surface area (Å²) in [5, 5.41) is 3.36. The molecule has 0 aliphatic heterocycles. The Hall–Kier alpha value is -2.10. The van der Waals surface area contributed by atoms with Gasteiger partial charge in [0, 0.05) is 22.6 Å². The summed E-state index contributed by atoms with van der Waals surface area (Å²) in [6.45, 7) is 7.72. The van der Waals surface area contributed by atoms with Crippen molar-refractivity contribution in [2.75, 3.05) is 23.7 Å². The molecule has 2 aromatic rings. The Labute approximate surface area is 222 Å². The number of aryl methyl sites for hydroxylation is 1. The fourth-order valence-corrected chi connectivity index (χ4v) is 4.83. The average Bonchev–Trinajstić information content (AvgIpc) is 2.78. The first kappa shape index (κ1) is 29.1. The summed E-state index contributed by atoms with van der Waals surface area (Å²) in [7, 11) is -3.79. The molecule has 0 saturated carbocycles. The minimum absolute atomic E-state index is 0.0725. The molecule has 0 saturated heterocycles. The molecule has 0 fully saturated rings. The molecule has 0 aliphatic carbocycles. The van der Waals surface area contributed by atoms with Crippen LogP contribution in [0.2, 0.25) is 5.02 Å². The van der Waals surface area contributed by atoms with Crippen molar-refractivity contribution in [3.05, 3.63) is 63.1 Å². The number of halogens is 2. The van der Waals surface area contributed by atoms with E-state index < -0.39 is 28.5 Å². The van der Waals surface area contributed by atoms with Gasteiger partial charge in [0.2, 0.25) is 21.8 Å². The van der Waals surface area contributed by atoms with Crippen LogP contribution in [-0.2, 0) is 26.2 Å². The average molecular weight is 587 g/mol. The van der Waals surface area contributed by atoms with Gasteiger partial charge in [-0.05, 0) is 54.7 Å². The fraction of sp³-hybridized carbons (Fsp3) is 0.440. The molecule has 0 spiro atoms. The lowest BCUT2D eigenvalue weighted by atomic mass is 10.1. The Morgan fingerprint density at radius 1 is 1.14 bits per heavy atom. The number of benzene rings is 2. The number of rotatable bonds is 11. The van der Waals surface area contributed by atoms with Crippen LogP contribution in [0.15, 0.2) is 46.9 Å². The van der Waals surface area contributed by atoms with Crippen molar-refractivity contribution in [3.8, 4) is 0 Å². The van der Waals surface area contributed by atoms with Crippen LogP contribution in [0, 0.1) is 12.8 Å². The number of nitrogens with one attached hydrogen (secondary N) is 1. The second-order valence-corrected chi connectivity index (χ2v) is 12.0. The number of amides is 2. The molecule has 0 radical (unpaired) electrons. The van der Waals surface area contributed by atoms with Gasteiger partial charge in [-0.25, -0.2) is 8.42 Å². The Kier molecular flexibility index (Phi) is 10.6. The summed E-state index contributed by atoms with van der Waals surface area (Å²) in [5.41, 5.74) is 1.87. The van der Waals surface area contributed by atoms with Crippen molar-refractivity contribution in [1.82, 2.24) is 10.2 Å². The topological polar surface area (TPSA) is 86.8 Å². The van der Waals surface area contributed by atoms with E-state index in [0.717, 1.165) is 20.6 Å². The van der Waals surface area contributed by atoms with Gasteiger partial charge in [-0.1, -0.05) is 66.5 Å². The van der Waals surface area contributed by atoms with Gasteiger partial charge in [0.05, 0.1) is 11.9 Å². The number of anilines is 1. The third kappa shape index (κ3) is 8.22. The molecule has 7 nitrogen and oxygen atoms in total. The number of hydrogen-bond acceptors (Lipinski definition) is 4. The second-order valence-electron chi connectivity index (χ2n) is 8.88. The molecule has 35 heavy (non-hydrogen) atoms. The number of carbonyl (C=O) groups is 2. The van der Waals surface area contributed by atoms with Crippen molar-refractivity contribution in [2.45, 2.75) is 46.7 Å². The highest BCUT2D eigenvalue weighted by atomic mass is 79.9. The Balaban J connectivity index is 2.45. The minimum atomic E-state index is -3.79. The predicted octanol–water partition coefficient (Wildman–Crippen LogP) is 4.76. The summed E-state index contributed by atoms with van der Waals surface area (Å²) in [6.07, 6.45) is 1.42. The largest absolute Gasteiger partial charge is 0.354 e. The lowest BCUT2D eigenvalue weighted by Gasteiger charge is -2.33. The van der Waals surface area contributed by atoms with Gasteiger partial charge in [-0.2, -0.15) is 0 Å². The van der Waals surface area contributed by atoms with Crippen molar-refractivity contribution in [1.29, 1.82) is 0 Å². The van der Waals surface area contributed by atoms with Crippen LogP contribution >= 0.6 is 27.5 Å². The standard InChI is InChI=1S/C25H33BrClN3O4S/c1-6-23(25(32)28-14-17(2)3)29(15-19-9-7-8-10-22(19)27)24(31)16-30(35(5,33)34)20-11-12-21(26)18(4)13-20/h7-13,17,23H,6,14-16H2,1-5H3,(H,28,32)/t23-/m0/s1. The van der Waals surface area contributed by atoms with Gasteiger partial charge in [-0.15, -0.1) is 0 Å². The van der Waals surface area contributed by atoms with Crippen LogP contribution in [0.5, 0.6) is 0 Å². The molecule has 10 heteroatoms. The van der Waals surface area contributed by atoms with Crippen LogP contribution in [0.1, 0.15) is 38.3 Å². The molecule has 0 aromatic heterocycles. The van der Waals surface area contributed by atoms with Gasteiger partial charge < -0.3 is 10.2 Å². The summed E-state index contributed by atoms with van der Waals surface area (Å²) in [5.74, 6) is -0.542. The molecule has 2 rings (SSSR count). The predicted molar refractivity (Wildman–Crippen MR) is 145 cm³/mol. The van der Waals surface area contributed by atoms with Gasteiger partial charge in [0.25, 0.3) is 0 Å². The van der Waals surface area contributed by atoms with E-state index in [0.29, 0.717) is 29.2 Å². The molecule has 0 bridgehead atoms. The number of sulfonamides is 1. The van der Waals surface area contributed by atoms with Crippen LogP contribution in [0.3, 0.4) is 0 Å². The van der Waals surface area contributed by atoms with E-state index in [1.807, 2.05) is 27.7 Å². The quantitative estimate of drug-likeness (QED) is 0.412. The molecular weight excluding hydrogens is 554 g/mol. The second kappa shape index (κ2) is 12.7. The Morgan fingerprint density at radius 2 is 1.80 bits per heavy atom. The van der Waals surface area contributed by atoms with E-state index in [1.165, 1.54) is 4.90 Å². The summed E-state index contributed by atoms with van der Waals surface area (Å²) >= 11 is 9.78. The molecule has 1 atom stereocenters. The van der Waals surface area contributed by atoms with E-state index in [4.69, 9.17) is 11.6 Å². The van der Waals surface area contributed by atoms with Crippen LogP contribution in [0.25, 0.3) is 0 Å². The van der Waals surface area contributed by atoms with Gasteiger partial charge in [0.15, 0.2) is 0 Å². The van der Waals surface area contributed by atoms with Crippen molar-refractivity contribution < 1.29 is 18.0 Å². The lowest BCUT2D eigenvalue weighted by Crippen LogP contribution is -2.52. The van der Waals surface area contributed by atoms with Crippen molar-refractivity contribution in [2.24, 2.45) is 5.92 Å². The summed E-state index contributed by atoms with van der Waals surface area (Å²) < 4.78 is 27.3. The van der Waals surface area contributed by atoms with E-state index in [2.05, 4.69) is 21.2 Å². The summed E-state index contributed by atoms with van der Waals surface area (Å²) in [4.78, 5) is 28.1. The molecule has 0 unspecified atom stereocenters. The van der Waals surface area contributed by atoms with E-state index in [1.54, 1.807) is 42.5 Å². The highest BCUT2D eigenvalue weighted by Crippen LogP contribution is 2.26. The zero-order valence-corrected chi connectivity index (χ0v) is 23.9. The van der Waals surface area contributed by atoms with E-state index in [-0.39, 0.29) is 18.4 Å². The van der Waals surface area contributed by atoms with Crippen molar-refractivity contribution in [3.63, 3.8) is 0 Å². The van der Waals surface area contributed by atoms with Gasteiger partial charge in [0.1, 0.15) is 12.6 Å². The number of carbonyl (C=O) groups excluding carboxylic acids is 2. The first-order valence-corrected chi connectivity index (χ1v) is 14.4. The normalized spacial score (nSPS) is 12.3. The maximum atomic E-state index is 13.7. The number of nitrogens with zero attached hydrogens (tertiary/aromatic N) is 2. The smallest absolute Gasteiger partial charge is 0.244 e. The molecule has 2 aromatic carbocycles. The van der Waals surface area contributed by atoms with E-state index in [9.17, 15) is 18.0 Å².